The molecule has 22 aromatic rings. The molecule has 0 atom stereocenters. The maximum Gasteiger partial charge on any atom is 0.0562 e. The fourth-order valence-electron chi connectivity index (χ4n) is 16.9. The Kier molecular flexibility index (Phi) is 12.9. The normalized spacial score (nSPS) is 11.9. The van der Waals surface area contributed by atoms with Gasteiger partial charge >= 0.3 is 0 Å². The van der Waals surface area contributed by atoms with E-state index in [1.807, 2.05) is 0 Å². The molecule has 6 nitrogen and oxygen atoms in total. The van der Waals surface area contributed by atoms with Gasteiger partial charge in [0.25, 0.3) is 0 Å². The number of rotatable bonds is 8. The van der Waals surface area contributed by atoms with Gasteiger partial charge in [0, 0.05) is 93.1 Å². The molecule has 16 aromatic carbocycles. The molecule has 0 amide bonds. The summed E-state index contributed by atoms with van der Waals surface area (Å²) < 4.78 is 14.4. The van der Waals surface area contributed by atoms with Gasteiger partial charge in [-0.25, -0.2) is 0 Å². The lowest BCUT2D eigenvalue weighted by Crippen LogP contribution is -1.96. The van der Waals surface area contributed by atoms with E-state index in [1.54, 1.807) is 0 Å². The lowest BCUT2D eigenvalue weighted by atomic mass is 10.0. The third-order valence-electron chi connectivity index (χ3n) is 21.2. The average Bonchev–Trinajstić information content (AvgIpc) is 1.56. The molecule has 0 aliphatic rings. The van der Waals surface area contributed by atoms with E-state index < -0.39 is 0 Å². The van der Waals surface area contributed by atoms with Crippen molar-refractivity contribution in [3.8, 4) is 56.4 Å². The van der Waals surface area contributed by atoms with E-state index in [-0.39, 0.29) is 0 Å². The van der Waals surface area contributed by atoms with Gasteiger partial charge in [0.05, 0.1) is 71.9 Å². The van der Waals surface area contributed by atoms with Crippen LogP contribution in [-0.2, 0) is 0 Å². The second-order valence-electron chi connectivity index (χ2n) is 26.8. The lowest BCUT2D eigenvalue weighted by molar-refractivity contribution is 1.15. The van der Waals surface area contributed by atoms with Gasteiger partial charge in [0.2, 0.25) is 0 Å². The highest BCUT2D eigenvalue weighted by Crippen LogP contribution is 2.45. The molecule has 6 aromatic heterocycles. The summed E-state index contributed by atoms with van der Waals surface area (Å²) in [5.74, 6) is 0. The molecule has 6 heterocycles. The van der Waals surface area contributed by atoms with Crippen LogP contribution < -0.4 is 0 Å². The Morgan fingerprint density at radius 1 is 0.127 bits per heavy atom. The van der Waals surface area contributed by atoms with Crippen LogP contribution in [0.15, 0.2) is 376 Å². The van der Waals surface area contributed by atoms with Crippen LogP contribution in [-0.4, -0.2) is 27.4 Å². The first-order chi connectivity index (χ1) is 50.6. The van der Waals surface area contributed by atoms with Crippen LogP contribution in [0.3, 0.4) is 0 Å². The van der Waals surface area contributed by atoms with Crippen LogP contribution in [0.2, 0.25) is 0 Å². The van der Waals surface area contributed by atoms with E-state index in [0.29, 0.717) is 0 Å². The Morgan fingerprint density at radius 3 is 0.765 bits per heavy atom. The monoisotopic (exact) mass is 1300 g/mol. The Labute approximate surface area is 587 Å². The first-order valence-electron chi connectivity index (χ1n) is 35.1. The Bertz CT molecular complexity index is 7060. The van der Waals surface area contributed by atoms with E-state index in [4.69, 9.17) is 0 Å². The summed E-state index contributed by atoms with van der Waals surface area (Å²) >= 11 is 0. The highest BCUT2D eigenvalue weighted by atomic mass is 15.0. The maximum atomic E-state index is 2.47. The van der Waals surface area contributed by atoms with Crippen molar-refractivity contribution < 1.29 is 0 Å². The number of hydrogen-bond donors (Lipinski definition) is 0. The van der Waals surface area contributed by atoms with E-state index in [2.05, 4.69) is 404 Å². The first-order valence-corrected chi connectivity index (χ1v) is 35.1. The molecule has 0 fully saturated rings. The topological polar surface area (TPSA) is 29.6 Å². The molecule has 0 bridgehead atoms. The van der Waals surface area contributed by atoms with Gasteiger partial charge in [-0.2, -0.15) is 0 Å². The third kappa shape index (κ3) is 8.79. The van der Waals surface area contributed by atoms with Gasteiger partial charge in [-0.15, -0.1) is 0 Å². The molecule has 6 heteroatoms. The van der Waals surface area contributed by atoms with Crippen molar-refractivity contribution in [1.29, 1.82) is 0 Å². The third-order valence-corrected chi connectivity index (χ3v) is 21.2. The zero-order chi connectivity index (χ0) is 66.9. The summed E-state index contributed by atoms with van der Waals surface area (Å²) in [5.41, 5.74) is 26.4. The van der Waals surface area contributed by atoms with Gasteiger partial charge < -0.3 is 27.4 Å². The quantitative estimate of drug-likeness (QED) is 0.145. The standard InChI is InChI=1S/2C48H31N3/c1-3-14-34(15-4-1)49-41-21-10-7-18-36(41)39-30-32(26-28-44(39)49)33-27-29-45-40(31-33)37-19-8-11-22-42(37)51(45)47-25-13-24-46-48(47)38-20-9-12-23-43(38)50(46)35-16-5-2-6-17-35;1-3-13-34(14-4-1)49-44-21-11-8-18-38(44)41-29-32(23-27-46(41)49)33-24-28-47-42(30-33)39-19-9-12-22-45(39)51(47)36-25-26-40-37-17-7-10-20-43(37)50(48(40)31-36)35-15-5-2-6-16-35/h2*1-31H. The molecular formula is C96H62N6. The van der Waals surface area contributed by atoms with Crippen molar-refractivity contribution in [2.75, 3.05) is 0 Å². The largest absolute Gasteiger partial charge is 0.309 e. The molecule has 0 N–H and O–H groups in total. The zero-order valence-corrected chi connectivity index (χ0v) is 55.5. The Morgan fingerprint density at radius 2 is 0.382 bits per heavy atom. The van der Waals surface area contributed by atoms with Crippen LogP contribution in [0.4, 0.5) is 0 Å². The van der Waals surface area contributed by atoms with Crippen molar-refractivity contribution in [2.45, 2.75) is 0 Å². The van der Waals surface area contributed by atoms with Gasteiger partial charge in [-0.3, -0.25) is 0 Å². The number of fused-ring (bicyclic) bond motifs is 18. The van der Waals surface area contributed by atoms with E-state index in [1.165, 1.54) is 170 Å². The summed E-state index contributed by atoms with van der Waals surface area (Å²) in [6.45, 7) is 0. The number of para-hydroxylation sites is 10. The second kappa shape index (κ2) is 23.0. The molecule has 0 saturated heterocycles. The average molecular weight is 1300 g/mol. The molecule has 0 spiro atoms. The number of hydrogen-bond acceptors (Lipinski definition) is 0. The number of benzene rings is 16. The number of aromatic nitrogens is 6. The van der Waals surface area contributed by atoms with E-state index in [9.17, 15) is 0 Å². The van der Waals surface area contributed by atoms with Crippen LogP contribution in [0.5, 0.6) is 0 Å². The predicted molar refractivity (Wildman–Crippen MR) is 430 cm³/mol. The van der Waals surface area contributed by atoms with Crippen LogP contribution >= 0.6 is 0 Å². The van der Waals surface area contributed by atoms with Crippen LogP contribution in [0.25, 0.3) is 187 Å². The first kappa shape index (κ1) is 57.4. The van der Waals surface area contributed by atoms with Crippen molar-refractivity contribution >= 4 is 131 Å². The lowest BCUT2D eigenvalue weighted by Gasteiger charge is -2.12. The fourth-order valence-corrected chi connectivity index (χ4v) is 16.9. The summed E-state index contributed by atoms with van der Waals surface area (Å²) in [7, 11) is 0. The fraction of sp³-hybridized carbons (Fsp3) is 0. The maximum absolute atomic E-state index is 2.47. The van der Waals surface area contributed by atoms with E-state index >= 15 is 0 Å². The SMILES string of the molecule is c1ccc(-n2c3ccccc3c3cc(-c4ccc5c(c4)c4ccccc4n5-c4ccc5c6ccccc6n(-c6ccccc6)c5c4)ccc32)cc1.c1ccc(-n2c3ccccc3c3cc(-c4ccc5c(c4)c4ccccc4n5-c4cccc5c4c4ccccc4n5-c4ccccc4)ccc32)cc1. The summed E-state index contributed by atoms with van der Waals surface area (Å²) in [5, 5.41) is 15.1. The molecule has 22 rings (SSSR count). The minimum atomic E-state index is 1.15. The predicted octanol–water partition coefficient (Wildman–Crippen LogP) is 25.3. The molecule has 0 aliphatic carbocycles. The highest BCUT2D eigenvalue weighted by Gasteiger charge is 2.23. The smallest absolute Gasteiger partial charge is 0.0562 e. The van der Waals surface area contributed by atoms with Crippen molar-refractivity contribution in [1.82, 2.24) is 27.4 Å². The van der Waals surface area contributed by atoms with Crippen molar-refractivity contribution in [3.05, 3.63) is 376 Å². The minimum Gasteiger partial charge on any atom is -0.309 e. The molecule has 0 aliphatic heterocycles. The second-order valence-corrected chi connectivity index (χ2v) is 26.8. The van der Waals surface area contributed by atoms with Crippen molar-refractivity contribution in [3.63, 3.8) is 0 Å². The molecule has 102 heavy (non-hydrogen) atoms. The van der Waals surface area contributed by atoms with Gasteiger partial charge in [-0.05, 0) is 180 Å². The molecule has 0 unspecified atom stereocenters. The minimum absolute atomic E-state index is 1.15. The Balaban J connectivity index is 0.000000133. The van der Waals surface area contributed by atoms with Gasteiger partial charge in [0.15, 0.2) is 0 Å². The van der Waals surface area contributed by atoms with Gasteiger partial charge in [-0.1, -0.05) is 218 Å². The zero-order valence-electron chi connectivity index (χ0n) is 55.5. The molecule has 0 radical (unpaired) electrons. The highest BCUT2D eigenvalue weighted by molar-refractivity contribution is 6.19. The summed E-state index contributed by atoms with van der Waals surface area (Å²) in [4.78, 5) is 0. The number of nitrogens with zero attached hydrogens (tertiary/aromatic N) is 6. The van der Waals surface area contributed by atoms with Gasteiger partial charge in [0.1, 0.15) is 0 Å². The summed E-state index contributed by atoms with van der Waals surface area (Å²) in [6, 6.07) is 137. The van der Waals surface area contributed by atoms with E-state index in [0.717, 1.165) is 17.1 Å². The van der Waals surface area contributed by atoms with Crippen LogP contribution in [0.1, 0.15) is 0 Å². The Hall–Kier alpha value is -13.7. The summed E-state index contributed by atoms with van der Waals surface area (Å²) in [6.07, 6.45) is 0. The molecule has 0 saturated carbocycles. The molecular weight excluding hydrogens is 1240 g/mol. The van der Waals surface area contributed by atoms with Crippen molar-refractivity contribution in [2.24, 2.45) is 0 Å². The van der Waals surface area contributed by atoms with Crippen LogP contribution in [0, 0.1) is 0 Å². The molecule has 476 valence electrons.